The second kappa shape index (κ2) is 9.39. The Bertz CT molecular complexity index is 844. The molecule has 3 aromatic rings. The molecule has 0 radical (unpaired) electrons. The maximum atomic E-state index is 12.1. The van der Waals surface area contributed by atoms with Crippen molar-refractivity contribution in [3.05, 3.63) is 57.3 Å². The van der Waals surface area contributed by atoms with E-state index in [0.717, 1.165) is 33.9 Å². The van der Waals surface area contributed by atoms with Crippen LogP contribution in [0.25, 0.3) is 11.3 Å². The van der Waals surface area contributed by atoms with Crippen LogP contribution < -0.4 is 5.32 Å². The van der Waals surface area contributed by atoms with Crippen molar-refractivity contribution in [1.29, 1.82) is 0 Å². The lowest BCUT2D eigenvalue weighted by molar-refractivity contribution is -0.118. The summed E-state index contributed by atoms with van der Waals surface area (Å²) in [5.74, 6) is 0.420. The third-order valence-electron chi connectivity index (χ3n) is 3.88. The lowest BCUT2D eigenvalue weighted by Gasteiger charge is -2.09. The fraction of sp³-hybridized carbons (Fsp3) is 0.263. The highest BCUT2D eigenvalue weighted by Gasteiger charge is 2.12. The van der Waals surface area contributed by atoms with Gasteiger partial charge in [0, 0.05) is 22.4 Å². The van der Waals surface area contributed by atoms with Gasteiger partial charge in [-0.15, -0.1) is 11.3 Å². The van der Waals surface area contributed by atoms with Crippen molar-refractivity contribution in [3.63, 3.8) is 0 Å². The van der Waals surface area contributed by atoms with Gasteiger partial charge in [0.05, 0.1) is 17.6 Å². The molecule has 0 spiro atoms. The van der Waals surface area contributed by atoms with E-state index in [1.165, 1.54) is 16.6 Å². The van der Waals surface area contributed by atoms with E-state index in [1.54, 1.807) is 11.3 Å². The molecule has 0 aliphatic carbocycles. The van der Waals surface area contributed by atoms with E-state index in [-0.39, 0.29) is 5.91 Å². The predicted molar refractivity (Wildman–Crippen MR) is 113 cm³/mol. The molecule has 1 aromatic carbocycles. The van der Waals surface area contributed by atoms with E-state index in [1.807, 2.05) is 24.4 Å². The molecule has 0 unspecified atom stereocenters. The van der Waals surface area contributed by atoms with Crippen LogP contribution in [-0.4, -0.2) is 27.8 Å². The van der Waals surface area contributed by atoms with E-state index in [4.69, 9.17) is 0 Å². The van der Waals surface area contributed by atoms with E-state index in [2.05, 4.69) is 61.3 Å². The summed E-state index contributed by atoms with van der Waals surface area (Å²) in [5.41, 5.74) is 2.19. The Hall–Kier alpha value is -1.57. The van der Waals surface area contributed by atoms with E-state index in [9.17, 15) is 4.79 Å². The topological polar surface area (TPSA) is 46.9 Å². The van der Waals surface area contributed by atoms with Crippen molar-refractivity contribution in [2.45, 2.75) is 25.0 Å². The number of nitrogens with zero attached hydrogens (tertiary/aromatic N) is 2. The largest absolute Gasteiger partial charge is 0.355 e. The Morgan fingerprint density at radius 3 is 2.81 bits per heavy atom. The molecule has 0 saturated carbocycles. The Morgan fingerprint density at radius 2 is 2.12 bits per heavy atom. The molecule has 1 N–H and O–H groups in total. The van der Waals surface area contributed by atoms with Gasteiger partial charge in [-0.25, -0.2) is 4.98 Å². The number of amides is 1. The van der Waals surface area contributed by atoms with Crippen LogP contribution in [0.5, 0.6) is 0 Å². The molecule has 2 heterocycles. The molecular formula is C19H20BrN3OS2. The predicted octanol–water partition coefficient (Wildman–Crippen LogP) is 4.85. The number of thiophene rings is 1. The van der Waals surface area contributed by atoms with Gasteiger partial charge < -0.3 is 9.88 Å². The summed E-state index contributed by atoms with van der Waals surface area (Å²) < 4.78 is 3.20. The number of benzene rings is 1. The van der Waals surface area contributed by atoms with E-state index in [0.29, 0.717) is 12.3 Å². The summed E-state index contributed by atoms with van der Waals surface area (Å²) in [6.07, 6.45) is 2.76. The summed E-state index contributed by atoms with van der Waals surface area (Å²) in [7, 11) is 0. The van der Waals surface area contributed by atoms with Crippen LogP contribution in [0.3, 0.4) is 0 Å². The average molecular weight is 450 g/mol. The number of hydrogen-bond acceptors (Lipinski definition) is 4. The molecule has 0 aliphatic rings. The van der Waals surface area contributed by atoms with Crippen LogP contribution in [0.1, 0.15) is 11.8 Å². The van der Waals surface area contributed by atoms with Crippen molar-refractivity contribution >= 4 is 44.9 Å². The minimum atomic E-state index is 0.0439. The molecule has 26 heavy (non-hydrogen) atoms. The highest BCUT2D eigenvalue weighted by Crippen LogP contribution is 2.27. The van der Waals surface area contributed by atoms with Crippen LogP contribution in [0, 0.1) is 0 Å². The number of aromatic nitrogens is 2. The summed E-state index contributed by atoms with van der Waals surface area (Å²) in [6.45, 7) is 3.58. The van der Waals surface area contributed by atoms with E-state index < -0.39 is 0 Å². The molecule has 0 atom stereocenters. The van der Waals surface area contributed by atoms with Gasteiger partial charge >= 0.3 is 0 Å². The molecule has 3 rings (SSSR count). The standard InChI is InChI=1S/C19H20BrN3OS2/c1-2-23-17(14-5-7-15(20)8-6-14)12-22-19(23)26-13-18(24)21-10-9-16-4-3-11-25-16/h3-8,11-12H,2,9-10,13H2,1H3,(H,21,24). The van der Waals surface area contributed by atoms with Gasteiger partial charge in [0.15, 0.2) is 5.16 Å². The summed E-state index contributed by atoms with van der Waals surface area (Å²) in [4.78, 5) is 17.9. The minimum absolute atomic E-state index is 0.0439. The third-order valence-corrected chi connectivity index (χ3v) is 6.34. The number of imidazole rings is 1. The van der Waals surface area contributed by atoms with E-state index >= 15 is 0 Å². The SMILES string of the molecule is CCn1c(-c2ccc(Br)cc2)cnc1SCC(=O)NCCc1cccs1. The van der Waals surface area contributed by atoms with Crippen LogP contribution >= 0.6 is 39.0 Å². The van der Waals surface area contributed by atoms with Crippen molar-refractivity contribution in [1.82, 2.24) is 14.9 Å². The van der Waals surface area contributed by atoms with Crippen LogP contribution in [-0.2, 0) is 17.8 Å². The minimum Gasteiger partial charge on any atom is -0.355 e. The number of thioether (sulfide) groups is 1. The third kappa shape index (κ3) is 4.99. The highest BCUT2D eigenvalue weighted by atomic mass is 79.9. The average Bonchev–Trinajstić information content (AvgIpc) is 3.30. The lowest BCUT2D eigenvalue weighted by Crippen LogP contribution is -2.27. The Kier molecular flexibility index (Phi) is 6.93. The van der Waals surface area contributed by atoms with Gasteiger partial charge in [0.1, 0.15) is 0 Å². The molecular weight excluding hydrogens is 430 g/mol. The quantitative estimate of drug-likeness (QED) is 0.500. The molecule has 1 amide bonds. The van der Waals surface area contributed by atoms with Crippen molar-refractivity contribution in [3.8, 4) is 11.3 Å². The Morgan fingerprint density at radius 1 is 1.31 bits per heavy atom. The van der Waals surface area contributed by atoms with Gasteiger partial charge in [-0.1, -0.05) is 45.9 Å². The number of halogens is 1. The first kappa shape index (κ1) is 19.2. The van der Waals surface area contributed by atoms with Gasteiger partial charge in [-0.3, -0.25) is 4.79 Å². The van der Waals surface area contributed by atoms with Gasteiger partial charge in [0.25, 0.3) is 0 Å². The number of carbonyl (C=O) groups is 1. The van der Waals surface area contributed by atoms with Crippen molar-refractivity contribution in [2.24, 2.45) is 0 Å². The van der Waals surface area contributed by atoms with Crippen molar-refractivity contribution < 1.29 is 4.79 Å². The number of hydrogen-bond donors (Lipinski definition) is 1. The van der Waals surface area contributed by atoms with Crippen LogP contribution in [0.4, 0.5) is 0 Å². The molecule has 136 valence electrons. The summed E-state index contributed by atoms with van der Waals surface area (Å²) >= 11 is 6.66. The molecule has 7 heteroatoms. The maximum Gasteiger partial charge on any atom is 0.230 e. The normalized spacial score (nSPS) is 10.8. The Labute approximate surface area is 170 Å². The first-order valence-electron chi connectivity index (χ1n) is 8.40. The van der Waals surface area contributed by atoms with Crippen LogP contribution in [0.2, 0.25) is 0 Å². The van der Waals surface area contributed by atoms with Gasteiger partial charge in [-0.05, 0) is 42.5 Å². The van der Waals surface area contributed by atoms with Gasteiger partial charge in [0.2, 0.25) is 5.91 Å². The first-order chi connectivity index (χ1) is 12.7. The monoisotopic (exact) mass is 449 g/mol. The summed E-state index contributed by atoms with van der Waals surface area (Å²) in [6, 6.07) is 12.3. The lowest BCUT2D eigenvalue weighted by atomic mass is 10.2. The highest BCUT2D eigenvalue weighted by molar-refractivity contribution is 9.10. The Balaban J connectivity index is 1.56. The smallest absolute Gasteiger partial charge is 0.230 e. The number of nitrogens with one attached hydrogen (secondary N) is 1. The maximum absolute atomic E-state index is 12.1. The molecule has 0 bridgehead atoms. The zero-order chi connectivity index (χ0) is 18.4. The molecule has 2 aromatic heterocycles. The fourth-order valence-electron chi connectivity index (χ4n) is 2.59. The summed E-state index contributed by atoms with van der Waals surface area (Å²) in [5, 5.41) is 5.91. The second-order valence-corrected chi connectivity index (χ2v) is 8.54. The number of rotatable bonds is 8. The molecule has 0 saturated heterocycles. The molecule has 4 nitrogen and oxygen atoms in total. The van der Waals surface area contributed by atoms with Crippen molar-refractivity contribution in [2.75, 3.05) is 12.3 Å². The first-order valence-corrected chi connectivity index (χ1v) is 11.1. The zero-order valence-corrected chi connectivity index (χ0v) is 17.7. The molecule has 0 fully saturated rings. The zero-order valence-electron chi connectivity index (χ0n) is 14.4. The van der Waals surface area contributed by atoms with Crippen LogP contribution in [0.15, 0.2) is 57.6 Å². The number of carbonyl (C=O) groups excluding carboxylic acids is 1. The fourth-order valence-corrected chi connectivity index (χ4v) is 4.44. The van der Waals surface area contributed by atoms with Gasteiger partial charge in [-0.2, -0.15) is 0 Å². The second-order valence-electron chi connectivity index (χ2n) is 5.65. The molecule has 0 aliphatic heterocycles.